The molecule has 0 radical (unpaired) electrons. The third-order valence-corrected chi connectivity index (χ3v) is 5.46. The maximum atomic E-state index is 12.7. The summed E-state index contributed by atoms with van der Waals surface area (Å²) in [6.45, 7) is 0.352. The van der Waals surface area contributed by atoms with Crippen molar-refractivity contribution in [2.75, 3.05) is 6.54 Å². The van der Waals surface area contributed by atoms with Crippen LogP contribution < -0.4 is 0 Å². The Hall–Kier alpha value is -1.08. The number of rotatable bonds is 3. The summed E-state index contributed by atoms with van der Waals surface area (Å²) < 4.78 is 27.2. The lowest BCUT2D eigenvalue weighted by Crippen LogP contribution is -2.38. The number of hydrogen-bond donors (Lipinski definition) is 0. The van der Waals surface area contributed by atoms with Crippen molar-refractivity contribution >= 4 is 32.0 Å². The molecule has 108 valence electrons. The summed E-state index contributed by atoms with van der Waals surface area (Å²) in [5, 5.41) is 0. The Morgan fingerprint density at radius 3 is 2.85 bits per heavy atom. The molecule has 0 saturated carbocycles. The second kappa shape index (κ2) is 6.58. The largest absolute Gasteiger partial charge is 0.262 e. The van der Waals surface area contributed by atoms with Gasteiger partial charge in [0.15, 0.2) is 0 Å². The Bertz CT molecular complexity index is 629. The van der Waals surface area contributed by atoms with E-state index in [-0.39, 0.29) is 4.90 Å². The number of aliphatic imine (C=N–C) groups is 1. The van der Waals surface area contributed by atoms with Gasteiger partial charge < -0.3 is 0 Å². The van der Waals surface area contributed by atoms with Crippen LogP contribution in [0.25, 0.3) is 0 Å². The van der Waals surface area contributed by atoms with E-state index < -0.39 is 16.2 Å². The molecule has 0 amide bonds. The third kappa shape index (κ3) is 3.32. The molecule has 2 heterocycles. The zero-order valence-corrected chi connectivity index (χ0v) is 13.1. The molecule has 0 bridgehead atoms. The van der Waals surface area contributed by atoms with E-state index in [4.69, 9.17) is 0 Å². The maximum Gasteiger partial charge on any atom is 0.246 e. The molecule has 1 aromatic heterocycles. The molecule has 1 aliphatic heterocycles. The van der Waals surface area contributed by atoms with E-state index in [0.29, 0.717) is 17.4 Å². The fraction of sp³-hybridized carbons (Fsp3) is 0.500. The van der Waals surface area contributed by atoms with Gasteiger partial charge in [0.25, 0.3) is 0 Å². The molecule has 0 N–H and O–H groups in total. The minimum absolute atomic E-state index is 0.0971. The van der Waals surface area contributed by atoms with Crippen LogP contribution in [0.2, 0.25) is 0 Å². The third-order valence-electron chi connectivity index (χ3n) is 3.16. The zero-order chi connectivity index (χ0) is 14.6. The van der Waals surface area contributed by atoms with E-state index in [0.717, 1.165) is 19.3 Å². The Morgan fingerprint density at radius 2 is 2.15 bits per heavy atom. The van der Waals surface area contributed by atoms with Crippen LogP contribution in [-0.2, 0) is 14.8 Å². The van der Waals surface area contributed by atoms with E-state index in [1.165, 1.54) is 28.8 Å². The number of isocyanates is 1. The molecular weight excluding hydrogens is 346 g/mol. The molecule has 1 unspecified atom stereocenters. The SMILES string of the molecule is O=C=NC1CCCCCN1S(=O)(=O)c1cncc(Br)c1. The highest BCUT2D eigenvalue weighted by Crippen LogP contribution is 2.26. The predicted octanol–water partition coefficient (Wildman–Crippen LogP) is 2.07. The van der Waals surface area contributed by atoms with Gasteiger partial charge in [-0.3, -0.25) is 4.98 Å². The average Bonchev–Trinajstić information content (AvgIpc) is 2.65. The number of halogens is 1. The Balaban J connectivity index is 2.41. The monoisotopic (exact) mass is 359 g/mol. The van der Waals surface area contributed by atoms with Crippen molar-refractivity contribution in [1.29, 1.82) is 0 Å². The predicted molar refractivity (Wildman–Crippen MR) is 76.2 cm³/mol. The molecule has 1 atom stereocenters. The number of carbonyl (C=O) groups excluding carboxylic acids is 1. The number of nitrogens with zero attached hydrogens (tertiary/aromatic N) is 3. The van der Waals surface area contributed by atoms with Crippen molar-refractivity contribution in [3.05, 3.63) is 22.9 Å². The van der Waals surface area contributed by atoms with Crippen molar-refractivity contribution in [3.63, 3.8) is 0 Å². The summed E-state index contributed by atoms with van der Waals surface area (Å²) >= 11 is 3.21. The van der Waals surface area contributed by atoms with Crippen LogP contribution in [0, 0.1) is 0 Å². The molecule has 0 aromatic carbocycles. The van der Waals surface area contributed by atoms with E-state index in [2.05, 4.69) is 25.9 Å². The first kappa shape index (κ1) is 15.3. The van der Waals surface area contributed by atoms with Gasteiger partial charge in [0, 0.05) is 23.4 Å². The molecule has 8 heteroatoms. The lowest BCUT2D eigenvalue weighted by atomic mass is 10.2. The summed E-state index contributed by atoms with van der Waals surface area (Å²) in [7, 11) is -3.71. The molecule has 20 heavy (non-hydrogen) atoms. The van der Waals surface area contributed by atoms with Crippen LogP contribution in [0.5, 0.6) is 0 Å². The van der Waals surface area contributed by atoms with E-state index in [1.54, 1.807) is 0 Å². The topological polar surface area (TPSA) is 79.7 Å². The van der Waals surface area contributed by atoms with E-state index in [9.17, 15) is 13.2 Å². The smallest absolute Gasteiger partial charge is 0.246 e. The minimum Gasteiger partial charge on any atom is -0.262 e. The lowest BCUT2D eigenvalue weighted by molar-refractivity contribution is 0.330. The molecule has 1 saturated heterocycles. The van der Waals surface area contributed by atoms with Gasteiger partial charge in [-0.1, -0.05) is 6.42 Å². The molecule has 0 aliphatic carbocycles. The molecule has 1 aromatic rings. The van der Waals surface area contributed by atoms with Crippen LogP contribution in [0.3, 0.4) is 0 Å². The minimum atomic E-state index is -3.71. The molecule has 6 nitrogen and oxygen atoms in total. The number of aromatic nitrogens is 1. The van der Waals surface area contributed by atoms with Crippen LogP contribution >= 0.6 is 15.9 Å². The molecule has 0 spiro atoms. The lowest BCUT2D eigenvalue weighted by Gasteiger charge is -2.24. The molecule has 1 fully saturated rings. The van der Waals surface area contributed by atoms with E-state index >= 15 is 0 Å². The van der Waals surface area contributed by atoms with Gasteiger partial charge in [-0.25, -0.2) is 13.2 Å². The van der Waals surface area contributed by atoms with Crippen LogP contribution in [0.4, 0.5) is 0 Å². The highest BCUT2D eigenvalue weighted by atomic mass is 79.9. The first-order chi connectivity index (χ1) is 9.55. The first-order valence-electron chi connectivity index (χ1n) is 6.25. The summed E-state index contributed by atoms with van der Waals surface area (Å²) in [6.07, 6.45) is 6.68. The van der Waals surface area contributed by atoms with Crippen molar-refractivity contribution in [2.24, 2.45) is 4.99 Å². The highest BCUT2D eigenvalue weighted by molar-refractivity contribution is 9.10. The fourth-order valence-corrected chi connectivity index (χ4v) is 4.30. The van der Waals surface area contributed by atoms with Gasteiger partial charge in [-0.2, -0.15) is 9.30 Å². The highest BCUT2D eigenvalue weighted by Gasteiger charge is 2.32. The normalized spacial score (nSPS) is 20.9. The van der Waals surface area contributed by atoms with Gasteiger partial charge in [-0.15, -0.1) is 0 Å². The Kier molecular flexibility index (Phi) is 5.04. The quantitative estimate of drug-likeness (QED) is 0.611. The Morgan fingerprint density at radius 1 is 1.35 bits per heavy atom. The Labute approximate surface area is 126 Å². The van der Waals surface area contributed by atoms with Gasteiger partial charge >= 0.3 is 0 Å². The standard InChI is InChI=1S/C12H14BrN3O3S/c13-10-6-11(8-14-7-10)20(18,19)16-5-3-1-2-4-12(16)15-9-17/h6-8,12H,1-5H2. The van der Waals surface area contributed by atoms with Crippen molar-refractivity contribution in [2.45, 2.75) is 36.7 Å². The van der Waals surface area contributed by atoms with Crippen molar-refractivity contribution < 1.29 is 13.2 Å². The van der Waals surface area contributed by atoms with Crippen molar-refractivity contribution in [3.8, 4) is 0 Å². The second-order valence-electron chi connectivity index (χ2n) is 4.50. The molecular formula is C12H14BrN3O3S. The molecule has 1 aliphatic rings. The first-order valence-corrected chi connectivity index (χ1v) is 8.48. The van der Waals surface area contributed by atoms with Crippen LogP contribution in [-0.4, -0.2) is 36.5 Å². The number of pyridine rings is 1. The summed E-state index contributed by atoms with van der Waals surface area (Å²) in [6, 6.07) is 1.49. The van der Waals surface area contributed by atoms with Gasteiger partial charge in [0.1, 0.15) is 11.1 Å². The number of hydrogen-bond acceptors (Lipinski definition) is 5. The fourth-order valence-electron chi connectivity index (χ4n) is 2.20. The van der Waals surface area contributed by atoms with Gasteiger partial charge in [-0.05, 0) is 41.3 Å². The van der Waals surface area contributed by atoms with Gasteiger partial charge in [0.2, 0.25) is 16.1 Å². The van der Waals surface area contributed by atoms with E-state index in [1.807, 2.05) is 0 Å². The summed E-state index contributed by atoms with van der Waals surface area (Å²) in [5.41, 5.74) is 0. The summed E-state index contributed by atoms with van der Waals surface area (Å²) in [5.74, 6) is 0. The average molecular weight is 360 g/mol. The van der Waals surface area contributed by atoms with Crippen molar-refractivity contribution in [1.82, 2.24) is 9.29 Å². The van der Waals surface area contributed by atoms with Crippen LogP contribution in [0.1, 0.15) is 25.7 Å². The zero-order valence-electron chi connectivity index (χ0n) is 10.7. The number of sulfonamides is 1. The second-order valence-corrected chi connectivity index (χ2v) is 7.31. The van der Waals surface area contributed by atoms with Crippen LogP contribution in [0.15, 0.2) is 32.8 Å². The van der Waals surface area contributed by atoms with Gasteiger partial charge in [0.05, 0.1) is 0 Å². The maximum absolute atomic E-state index is 12.7. The summed E-state index contributed by atoms with van der Waals surface area (Å²) in [4.78, 5) is 18.1. The molecule has 2 rings (SSSR count).